The molecule has 16 heavy (non-hydrogen) atoms. The number of carbonyl (C=O) groups is 2. The van der Waals surface area contributed by atoms with E-state index >= 15 is 0 Å². The molecule has 88 valence electrons. The Labute approximate surface area is 99.1 Å². The molecular formula is C11H16N2O2S. The van der Waals surface area contributed by atoms with Gasteiger partial charge in [-0.05, 0) is 6.42 Å². The Morgan fingerprint density at radius 1 is 1.44 bits per heavy atom. The van der Waals surface area contributed by atoms with Gasteiger partial charge < -0.3 is 5.32 Å². The van der Waals surface area contributed by atoms with Gasteiger partial charge in [0.05, 0.1) is 0 Å². The van der Waals surface area contributed by atoms with Crippen LogP contribution in [0.4, 0.5) is 5.13 Å². The Bertz CT molecular complexity index is 374. The Kier molecular flexibility index (Phi) is 5.11. The van der Waals surface area contributed by atoms with Crippen molar-refractivity contribution in [1.82, 2.24) is 4.98 Å². The maximum Gasteiger partial charge on any atom is 0.226 e. The number of anilines is 1. The molecule has 1 aromatic heterocycles. The van der Waals surface area contributed by atoms with E-state index in [1.165, 1.54) is 18.3 Å². The highest BCUT2D eigenvalue weighted by atomic mass is 32.1. The summed E-state index contributed by atoms with van der Waals surface area (Å²) in [4.78, 5) is 26.4. The summed E-state index contributed by atoms with van der Waals surface area (Å²) in [5, 5.41) is 4.86. The molecule has 0 bridgehead atoms. The number of rotatable bonds is 6. The zero-order valence-electron chi connectivity index (χ0n) is 9.58. The number of amides is 1. The largest absolute Gasteiger partial charge is 0.302 e. The first-order valence-electron chi connectivity index (χ1n) is 5.39. The summed E-state index contributed by atoms with van der Waals surface area (Å²) in [5.41, 5.74) is 0.411. The van der Waals surface area contributed by atoms with Crippen molar-refractivity contribution in [3.63, 3.8) is 0 Å². The molecule has 0 aliphatic heterocycles. The lowest BCUT2D eigenvalue weighted by Crippen LogP contribution is -2.11. The Morgan fingerprint density at radius 2 is 2.19 bits per heavy atom. The molecule has 0 unspecified atom stereocenters. The molecule has 0 saturated carbocycles. The average Bonchev–Trinajstić information content (AvgIpc) is 2.66. The maximum atomic E-state index is 11.4. The first kappa shape index (κ1) is 12.8. The Hall–Kier alpha value is -1.23. The van der Waals surface area contributed by atoms with Gasteiger partial charge in [-0.1, -0.05) is 19.8 Å². The first-order chi connectivity index (χ1) is 7.63. The number of unbranched alkanes of at least 4 members (excludes halogenated alkanes) is 2. The van der Waals surface area contributed by atoms with Gasteiger partial charge in [-0.3, -0.25) is 9.59 Å². The zero-order valence-corrected chi connectivity index (χ0v) is 10.4. The highest BCUT2D eigenvalue weighted by Crippen LogP contribution is 2.16. The van der Waals surface area contributed by atoms with E-state index in [2.05, 4.69) is 17.2 Å². The van der Waals surface area contributed by atoms with Crippen molar-refractivity contribution in [3.8, 4) is 0 Å². The van der Waals surface area contributed by atoms with Crippen LogP contribution in [0.1, 0.15) is 50.0 Å². The van der Waals surface area contributed by atoms with Gasteiger partial charge in [0.1, 0.15) is 5.69 Å². The number of nitrogens with one attached hydrogen (secondary N) is 1. The Balaban J connectivity index is 2.40. The predicted octanol–water partition coefficient (Wildman–Crippen LogP) is 2.86. The highest BCUT2D eigenvalue weighted by molar-refractivity contribution is 7.14. The van der Waals surface area contributed by atoms with Crippen molar-refractivity contribution in [1.29, 1.82) is 0 Å². The van der Waals surface area contributed by atoms with Crippen molar-refractivity contribution in [2.45, 2.75) is 39.5 Å². The van der Waals surface area contributed by atoms with Crippen LogP contribution in [0.3, 0.4) is 0 Å². The highest BCUT2D eigenvalue weighted by Gasteiger charge is 2.08. The fourth-order valence-electron chi connectivity index (χ4n) is 1.21. The van der Waals surface area contributed by atoms with Gasteiger partial charge in [0.25, 0.3) is 0 Å². The summed E-state index contributed by atoms with van der Waals surface area (Å²) < 4.78 is 0. The lowest BCUT2D eigenvalue weighted by atomic mass is 10.2. The minimum atomic E-state index is -0.0808. The molecule has 0 radical (unpaired) electrons. The minimum absolute atomic E-state index is 0.0297. The standard InChI is InChI=1S/C11H16N2O2S/c1-3-4-5-6-10(15)13-11-12-9(7-16-11)8(2)14/h7H,3-6H2,1-2H3,(H,12,13,15). The third-order valence-corrected chi connectivity index (χ3v) is 2.88. The van der Waals surface area contributed by atoms with E-state index < -0.39 is 0 Å². The normalized spacial score (nSPS) is 10.1. The summed E-state index contributed by atoms with van der Waals surface area (Å²) in [7, 11) is 0. The second kappa shape index (κ2) is 6.37. The van der Waals surface area contributed by atoms with E-state index in [0.717, 1.165) is 19.3 Å². The second-order valence-electron chi connectivity index (χ2n) is 3.60. The lowest BCUT2D eigenvalue weighted by molar-refractivity contribution is -0.116. The topological polar surface area (TPSA) is 59.1 Å². The number of carbonyl (C=O) groups excluding carboxylic acids is 2. The van der Waals surface area contributed by atoms with Gasteiger partial charge in [0.15, 0.2) is 10.9 Å². The number of hydrogen-bond acceptors (Lipinski definition) is 4. The average molecular weight is 240 g/mol. The van der Waals surface area contributed by atoms with Crippen molar-refractivity contribution in [2.75, 3.05) is 5.32 Å². The van der Waals surface area contributed by atoms with Crippen molar-refractivity contribution in [2.24, 2.45) is 0 Å². The van der Waals surface area contributed by atoms with Gasteiger partial charge in [-0.15, -0.1) is 11.3 Å². The molecule has 0 spiro atoms. The van der Waals surface area contributed by atoms with Crippen LogP contribution >= 0.6 is 11.3 Å². The van der Waals surface area contributed by atoms with Gasteiger partial charge in [-0.25, -0.2) is 4.98 Å². The molecular weight excluding hydrogens is 224 g/mol. The van der Waals surface area contributed by atoms with Crippen LogP contribution in [0.5, 0.6) is 0 Å². The number of ketones is 1. The van der Waals surface area contributed by atoms with Crippen LogP contribution < -0.4 is 5.32 Å². The van der Waals surface area contributed by atoms with Crippen molar-refractivity contribution < 1.29 is 9.59 Å². The first-order valence-corrected chi connectivity index (χ1v) is 6.27. The minimum Gasteiger partial charge on any atom is -0.302 e. The quantitative estimate of drug-likeness (QED) is 0.614. The van der Waals surface area contributed by atoms with Gasteiger partial charge in [-0.2, -0.15) is 0 Å². The predicted molar refractivity (Wildman–Crippen MR) is 64.9 cm³/mol. The summed E-state index contributed by atoms with van der Waals surface area (Å²) in [6, 6.07) is 0. The molecule has 0 aromatic carbocycles. The van der Waals surface area contributed by atoms with Gasteiger partial charge in [0.2, 0.25) is 5.91 Å². The molecule has 4 nitrogen and oxygen atoms in total. The van der Waals surface area contributed by atoms with Crippen LogP contribution in [0, 0.1) is 0 Å². The van der Waals surface area contributed by atoms with Crippen molar-refractivity contribution in [3.05, 3.63) is 11.1 Å². The fourth-order valence-corrected chi connectivity index (χ4v) is 1.98. The molecule has 5 heteroatoms. The number of aromatic nitrogens is 1. The summed E-state index contributed by atoms with van der Waals surface area (Å²) >= 11 is 1.28. The SMILES string of the molecule is CCCCCC(=O)Nc1nc(C(C)=O)cs1. The zero-order chi connectivity index (χ0) is 12.0. The molecule has 0 atom stereocenters. The Morgan fingerprint density at radius 3 is 2.75 bits per heavy atom. The molecule has 0 aliphatic carbocycles. The number of thiazole rings is 1. The molecule has 1 rings (SSSR count). The summed E-state index contributed by atoms with van der Waals surface area (Å²) in [6.07, 6.45) is 3.57. The molecule has 0 aliphatic rings. The van der Waals surface area contributed by atoms with Crippen LogP contribution in [-0.4, -0.2) is 16.7 Å². The summed E-state index contributed by atoms with van der Waals surface area (Å²) in [5.74, 6) is -0.111. The van der Waals surface area contributed by atoms with Crippen LogP contribution in [0.25, 0.3) is 0 Å². The smallest absolute Gasteiger partial charge is 0.226 e. The molecule has 0 fully saturated rings. The maximum absolute atomic E-state index is 11.4. The molecule has 1 amide bonds. The number of hydrogen-bond donors (Lipinski definition) is 1. The third kappa shape index (κ3) is 4.10. The molecule has 0 saturated heterocycles. The van der Waals surface area contributed by atoms with Gasteiger partial charge >= 0.3 is 0 Å². The number of Topliss-reactive ketones (excluding diaryl/α,β-unsaturated/α-hetero) is 1. The van der Waals surface area contributed by atoms with E-state index in [0.29, 0.717) is 17.2 Å². The molecule has 1 heterocycles. The van der Waals surface area contributed by atoms with Crippen LogP contribution in [0.15, 0.2) is 5.38 Å². The number of nitrogens with zero attached hydrogens (tertiary/aromatic N) is 1. The van der Waals surface area contributed by atoms with Crippen LogP contribution in [0.2, 0.25) is 0 Å². The lowest BCUT2D eigenvalue weighted by Gasteiger charge is -2.00. The third-order valence-electron chi connectivity index (χ3n) is 2.12. The molecule has 1 aromatic rings. The van der Waals surface area contributed by atoms with E-state index in [-0.39, 0.29) is 11.7 Å². The monoisotopic (exact) mass is 240 g/mol. The van der Waals surface area contributed by atoms with Gasteiger partial charge in [0, 0.05) is 18.7 Å². The van der Waals surface area contributed by atoms with E-state index in [4.69, 9.17) is 0 Å². The second-order valence-corrected chi connectivity index (χ2v) is 4.46. The van der Waals surface area contributed by atoms with E-state index in [1.54, 1.807) is 5.38 Å². The fraction of sp³-hybridized carbons (Fsp3) is 0.545. The van der Waals surface area contributed by atoms with Crippen LogP contribution in [-0.2, 0) is 4.79 Å². The van der Waals surface area contributed by atoms with E-state index in [9.17, 15) is 9.59 Å². The van der Waals surface area contributed by atoms with Crippen molar-refractivity contribution >= 4 is 28.2 Å². The summed E-state index contributed by atoms with van der Waals surface area (Å²) in [6.45, 7) is 3.56. The molecule has 1 N–H and O–H groups in total. The van der Waals surface area contributed by atoms with E-state index in [1.807, 2.05) is 0 Å².